The third-order valence-corrected chi connectivity index (χ3v) is 3.01. The highest BCUT2D eigenvalue weighted by Crippen LogP contribution is 2.19. The van der Waals surface area contributed by atoms with Crippen LogP contribution < -0.4 is 17.2 Å². The number of hydrogen-bond acceptors (Lipinski definition) is 5. The van der Waals surface area contributed by atoms with E-state index in [1.54, 1.807) is 30.3 Å². The van der Waals surface area contributed by atoms with E-state index < -0.39 is 17.3 Å². The van der Waals surface area contributed by atoms with E-state index in [4.69, 9.17) is 17.2 Å². The molecule has 0 heterocycles. The number of ether oxygens (including phenoxy) is 1. The van der Waals surface area contributed by atoms with Gasteiger partial charge in [0.15, 0.2) is 17.3 Å². The smallest absolute Gasteiger partial charge is 0.334 e. The molecule has 0 fully saturated rings. The van der Waals surface area contributed by atoms with Gasteiger partial charge in [0.25, 0.3) is 0 Å². The highest BCUT2D eigenvalue weighted by atomic mass is 16.5. The van der Waals surface area contributed by atoms with Crippen molar-refractivity contribution in [2.24, 2.45) is 22.2 Å². The number of carbonyl (C=O) groups is 2. The van der Waals surface area contributed by atoms with Gasteiger partial charge in [0, 0.05) is 12.1 Å². The predicted molar refractivity (Wildman–Crippen MR) is 79.6 cm³/mol. The Hall–Kier alpha value is -2.41. The average Bonchev–Trinajstić information content (AvgIpc) is 2.50. The van der Waals surface area contributed by atoms with Gasteiger partial charge in [0.05, 0.1) is 7.11 Å². The van der Waals surface area contributed by atoms with Gasteiger partial charge in [-0.3, -0.25) is 9.79 Å². The van der Waals surface area contributed by atoms with Crippen molar-refractivity contribution in [3.05, 3.63) is 35.9 Å². The zero-order valence-electron chi connectivity index (χ0n) is 11.9. The Bertz CT molecular complexity index is 526. The molecule has 0 bridgehead atoms. The molecule has 1 rings (SSSR count). The van der Waals surface area contributed by atoms with Crippen LogP contribution in [-0.4, -0.2) is 36.9 Å². The largest absolute Gasteiger partial charge is 0.467 e. The van der Waals surface area contributed by atoms with Crippen molar-refractivity contribution in [1.82, 2.24) is 0 Å². The van der Waals surface area contributed by atoms with Crippen molar-refractivity contribution in [2.45, 2.75) is 18.4 Å². The monoisotopic (exact) mass is 292 g/mol. The van der Waals surface area contributed by atoms with Crippen molar-refractivity contribution in [3.8, 4) is 0 Å². The van der Waals surface area contributed by atoms with Crippen LogP contribution in [0.2, 0.25) is 0 Å². The van der Waals surface area contributed by atoms with Crippen LogP contribution in [0.25, 0.3) is 0 Å². The van der Waals surface area contributed by atoms with Gasteiger partial charge < -0.3 is 21.9 Å². The number of aliphatic imine (C=N–C) groups is 1. The fourth-order valence-corrected chi connectivity index (χ4v) is 1.90. The number of methoxy groups -OCH3 is 1. The number of guanidine groups is 1. The lowest BCUT2D eigenvalue weighted by atomic mass is 9.86. The first-order chi connectivity index (χ1) is 9.91. The molecule has 114 valence electrons. The van der Waals surface area contributed by atoms with E-state index >= 15 is 0 Å². The fourth-order valence-electron chi connectivity index (χ4n) is 1.90. The molecule has 7 heteroatoms. The van der Waals surface area contributed by atoms with Gasteiger partial charge in [0.2, 0.25) is 0 Å². The van der Waals surface area contributed by atoms with E-state index in [2.05, 4.69) is 9.73 Å². The van der Waals surface area contributed by atoms with Crippen molar-refractivity contribution in [2.75, 3.05) is 13.7 Å². The molecule has 0 radical (unpaired) electrons. The van der Waals surface area contributed by atoms with Crippen LogP contribution >= 0.6 is 0 Å². The molecule has 0 aromatic heterocycles. The standard InChI is InChI=1S/C14H20N4O3/c1-21-12(20)14(17,8-5-9-18-13(15)16)11(19)10-6-3-2-4-7-10/h2-4,6-7H,5,8-9,17H2,1H3,(H4,15,16,18)/t14-/m1/s1. The molecule has 0 unspecified atom stereocenters. The van der Waals surface area contributed by atoms with Gasteiger partial charge in [0.1, 0.15) is 0 Å². The number of carbonyl (C=O) groups excluding carboxylic acids is 2. The van der Waals surface area contributed by atoms with Gasteiger partial charge >= 0.3 is 5.97 Å². The zero-order valence-corrected chi connectivity index (χ0v) is 11.9. The van der Waals surface area contributed by atoms with E-state index in [0.717, 1.165) is 0 Å². The number of ketones is 1. The van der Waals surface area contributed by atoms with Crippen molar-refractivity contribution in [1.29, 1.82) is 0 Å². The number of rotatable bonds is 7. The van der Waals surface area contributed by atoms with E-state index in [1.807, 2.05) is 0 Å². The zero-order chi connectivity index (χ0) is 15.9. The van der Waals surface area contributed by atoms with E-state index in [-0.39, 0.29) is 18.9 Å². The molecule has 0 saturated heterocycles. The summed E-state index contributed by atoms with van der Waals surface area (Å²) < 4.78 is 4.67. The summed E-state index contributed by atoms with van der Waals surface area (Å²) in [7, 11) is 1.19. The summed E-state index contributed by atoms with van der Waals surface area (Å²) in [6, 6.07) is 8.37. The van der Waals surface area contributed by atoms with E-state index in [1.165, 1.54) is 7.11 Å². The molecule has 0 aliphatic heterocycles. The molecule has 0 aliphatic rings. The van der Waals surface area contributed by atoms with Crippen LogP contribution in [0.15, 0.2) is 35.3 Å². The molecular weight excluding hydrogens is 272 g/mol. The van der Waals surface area contributed by atoms with E-state index in [0.29, 0.717) is 12.0 Å². The summed E-state index contributed by atoms with van der Waals surface area (Å²) in [6.07, 6.45) is 0.465. The van der Waals surface area contributed by atoms with Crippen LogP contribution in [0.5, 0.6) is 0 Å². The van der Waals surface area contributed by atoms with Gasteiger partial charge in [-0.1, -0.05) is 30.3 Å². The van der Waals surface area contributed by atoms with Crippen LogP contribution in [0.4, 0.5) is 0 Å². The van der Waals surface area contributed by atoms with Gasteiger partial charge in [-0.05, 0) is 12.8 Å². The quantitative estimate of drug-likeness (QED) is 0.159. The predicted octanol–water partition coefficient (Wildman–Crippen LogP) is -0.207. The first-order valence-corrected chi connectivity index (χ1v) is 6.44. The highest BCUT2D eigenvalue weighted by Gasteiger charge is 2.42. The number of hydrogen-bond donors (Lipinski definition) is 3. The Morgan fingerprint density at radius 3 is 2.38 bits per heavy atom. The van der Waals surface area contributed by atoms with Crippen LogP contribution in [-0.2, 0) is 9.53 Å². The molecule has 1 aromatic rings. The molecule has 21 heavy (non-hydrogen) atoms. The SMILES string of the molecule is COC(=O)[C@@](N)(CCCN=C(N)N)C(=O)c1ccccc1. The second-order valence-electron chi connectivity index (χ2n) is 4.57. The lowest BCUT2D eigenvalue weighted by Crippen LogP contribution is -2.55. The minimum Gasteiger partial charge on any atom is -0.467 e. The topological polar surface area (TPSA) is 134 Å². The maximum Gasteiger partial charge on any atom is 0.334 e. The summed E-state index contributed by atoms with van der Waals surface area (Å²) in [6.45, 7) is 0.278. The summed E-state index contributed by atoms with van der Waals surface area (Å²) in [4.78, 5) is 28.2. The molecule has 1 aromatic carbocycles. The van der Waals surface area contributed by atoms with Crippen molar-refractivity contribution >= 4 is 17.7 Å². The molecule has 0 amide bonds. The molecule has 0 saturated carbocycles. The third kappa shape index (κ3) is 4.28. The number of benzene rings is 1. The maximum atomic E-state index is 12.5. The van der Waals surface area contributed by atoms with E-state index in [9.17, 15) is 9.59 Å². The molecule has 0 spiro atoms. The highest BCUT2D eigenvalue weighted by molar-refractivity contribution is 6.16. The molecule has 1 atom stereocenters. The number of esters is 1. The average molecular weight is 292 g/mol. The summed E-state index contributed by atoms with van der Waals surface area (Å²) in [5.74, 6) is -1.31. The van der Waals surface area contributed by atoms with Crippen molar-refractivity contribution < 1.29 is 14.3 Å². The Labute approximate surface area is 123 Å². The lowest BCUT2D eigenvalue weighted by molar-refractivity contribution is -0.145. The van der Waals surface area contributed by atoms with Gasteiger partial charge in [-0.2, -0.15) is 0 Å². The normalized spacial score (nSPS) is 13.0. The first kappa shape index (κ1) is 16.6. The lowest BCUT2D eigenvalue weighted by Gasteiger charge is -2.24. The summed E-state index contributed by atoms with van der Waals surface area (Å²) >= 11 is 0. The number of nitrogens with two attached hydrogens (primary N) is 3. The minimum atomic E-state index is -1.74. The minimum absolute atomic E-state index is 0.0509. The second-order valence-corrected chi connectivity index (χ2v) is 4.57. The van der Waals surface area contributed by atoms with Gasteiger partial charge in [-0.25, -0.2) is 4.79 Å². The third-order valence-electron chi connectivity index (χ3n) is 3.01. The Kier molecular flexibility index (Phi) is 5.86. The molecule has 0 aliphatic carbocycles. The molecule has 6 N–H and O–H groups in total. The van der Waals surface area contributed by atoms with Crippen LogP contribution in [0.1, 0.15) is 23.2 Å². The van der Waals surface area contributed by atoms with Gasteiger partial charge in [-0.15, -0.1) is 0 Å². The van der Waals surface area contributed by atoms with Crippen LogP contribution in [0.3, 0.4) is 0 Å². The fraction of sp³-hybridized carbons (Fsp3) is 0.357. The maximum absolute atomic E-state index is 12.5. The summed E-state index contributed by atoms with van der Waals surface area (Å²) in [5, 5.41) is 0. The second kappa shape index (κ2) is 7.39. The number of Topliss-reactive ketones (excluding diaryl/α,β-unsaturated/α-hetero) is 1. The van der Waals surface area contributed by atoms with Crippen LogP contribution in [0, 0.1) is 0 Å². The molecular formula is C14H20N4O3. The number of nitrogens with zero attached hydrogens (tertiary/aromatic N) is 1. The van der Waals surface area contributed by atoms with Crippen molar-refractivity contribution in [3.63, 3.8) is 0 Å². The first-order valence-electron chi connectivity index (χ1n) is 6.44. The Morgan fingerprint density at radius 2 is 1.86 bits per heavy atom. The molecule has 7 nitrogen and oxygen atoms in total. The Balaban J connectivity index is 2.91. The Morgan fingerprint density at radius 1 is 1.24 bits per heavy atom. The summed E-state index contributed by atoms with van der Waals surface area (Å²) in [5.41, 5.74) is 15.1.